The molecule has 0 bridgehead atoms. The van der Waals surface area contributed by atoms with Crippen LogP contribution in [0.25, 0.3) is 0 Å². The van der Waals surface area contributed by atoms with Gasteiger partial charge in [0.25, 0.3) is 0 Å². The van der Waals surface area contributed by atoms with Crippen molar-refractivity contribution in [3.63, 3.8) is 0 Å². The van der Waals surface area contributed by atoms with Gasteiger partial charge in [0.15, 0.2) is 0 Å². The summed E-state index contributed by atoms with van der Waals surface area (Å²) >= 11 is 0. The molecule has 0 radical (unpaired) electrons. The first-order valence-corrected chi connectivity index (χ1v) is 4.68. The number of carboxylic acids is 2. The Bertz CT molecular complexity index is 398. The number of rotatable bonds is 6. The molecule has 2 N–H and O–H groups in total. The predicted molar refractivity (Wildman–Crippen MR) is 54.1 cm³/mol. The number of carbonyl (C=O) groups is 3. The van der Waals surface area contributed by atoms with Gasteiger partial charge in [0, 0.05) is 12.4 Å². The molecule has 1 aromatic rings. The molecule has 17 heavy (non-hydrogen) atoms. The van der Waals surface area contributed by atoms with Crippen LogP contribution in [-0.2, 0) is 20.9 Å². The molecule has 0 saturated carbocycles. The zero-order valence-corrected chi connectivity index (χ0v) is 8.81. The molecule has 0 aliphatic rings. The number of hydrogen-bond acceptors (Lipinski definition) is 4. The van der Waals surface area contributed by atoms with Crippen molar-refractivity contribution in [3.05, 3.63) is 18.5 Å². The van der Waals surface area contributed by atoms with Gasteiger partial charge in [-0.05, 0) is 6.07 Å². The Kier molecular flexibility index (Phi) is 4.21. The van der Waals surface area contributed by atoms with Crippen LogP contribution in [0, 0.1) is 0 Å². The molecule has 0 saturated heterocycles. The second-order valence-corrected chi connectivity index (χ2v) is 3.24. The van der Waals surface area contributed by atoms with Crippen molar-refractivity contribution < 1.29 is 24.6 Å². The number of carboxylic acid groups (broad SMARTS) is 2. The summed E-state index contributed by atoms with van der Waals surface area (Å²) in [5.41, 5.74) is 0. The van der Waals surface area contributed by atoms with Gasteiger partial charge in [0.1, 0.15) is 19.6 Å². The molecule has 0 aromatic carbocycles. The highest BCUT2D eigenvalue weighted by Gasteiger charge is 2.19. The molecule has 1 rings (SSSR count). The summed E-state index contributed by atoms with van der Waals surface area (Å²) in [5, 5.41) is 20.9. The minimum Gasteiger partial charge on any atom is -0.480 e. The van der Waals surface area contributed by atoms with Crippen LogP contribution in [0.4, 0.5) is 0 Å². The Morgan fingerprint density at radius 2 is 1.76 bits per heavy atom. The van der Waals surface area contributed by atoms with Crippen LogP contribution in [0.3, 0.4) is 0 Å². The van der Waals surface area contributed by atoms with E-state index in [1.165, 1.54) is 17.1 Å². The van der Waals surface area contributed by atoms with Gasteiger partial charge in [0.2, 0.25) is 5.91 Å². The highest BCUT2D eigenvalue weighted by Crippen LogP contribution is 1.94. The highest BCUT2D eigenvalue weighted by atomic mass is 16.4. The minimum atomic E-state index is -1.26. The van der Waals surface area contributed by atoms with Gasteiger partial charge >= 0.3 is 11.9 Å². The lowest BCUT2D eigenvalue weighted by molar-refractivity contribution is -0.149. The molecular weight excluding hydrogens is 230 g/mol. The lowest BCUT2D eigenvalue weighted by Crippen LogP contribution is -2.41. The number of aromatic nitrogens is 2. The van der Waals surface area contributed by atoms with Crippen molar-refractivity contribution in [2.45, 2.75) is 6.54 Å². The summed E-state index contributed by atoms with van der Waals surface area (Å²) in [4.78, 5) is 33.3. The lowest BCUT2D eigenvalue weighted by Gasteiger charge is -2.18. The van der Waals surface area contributed by atoms with Crippen molar-refractivity contribution in [1.82, 2.24) is 14.7 Å². The van der Waals surface area contributed by atoms with Crippen molar-refractivity contribution in [1.29, 1.82) is 0 Å². The second-order valence-electron chi connectivity index (χ2n) is 3.24. The summed E-state index contributed by atoms with van der Waals surface area (Å²) in [6, 6.07) is 1.60. The SMILES string of the molecule is O=C(O)CN(CC(=O)O)C(=O)Cn1cccn1. The number of nitrogens with zero attached hydrogens (tertiary/aromatic N) is 3. The van der Waals surface area contributed by atoms with Gasteiger partial charge < -0.3 is 15.1 Å². The Morgan fingerprint density at radius 1 is 1.18 bits per heavy atom. The van der Waals surface area contributed by atoms with Crippen LogP contribution >= 0.6 is 0 Å². The molecule has 92 valence electrons. The number of aliphatic carboxylic acids is 2. The molecule has 1 aromatic heterocycles. The van der Waals surface area contributed by atoms with Crippen LogP contribution in [0.15, 0.2) is 18.5 Å². The fraction of sp³-hybridized carbons (Fsp3) is 0.333. The third kappa shape index (κ3) is 4.33. The van der Waals surface area contributed by atoms with Crippen molar-refractivity contribution in [2.75, 3.05) is 13.1 Å². The normalized spacial score (nSPS) is 9.88. The third-order valence-corrected chi connectivity index (χ3v) is 1.86. The average molecular weight is 241 g/mol. The van der Waals surface area contributed by atoms with E-state index >= 15 is 0 Å². The smallest absolute Gasteiger partial charge is 0.323 e. The second kappa shape index (κ2) is 5.64. The minimum absolute atomic E-state index is 0.187. The summed E-state index contributed by atoms with van der Waals surface area (Å²) < 4.78 is 1.29. The first kappa shape index (κ1) is 12.7. The third-order valence-electron chi connectivity index (χ3n) is 1.86. The average Bonchev–Trinajstić information content (AvgIpc) is 2.67. The Hall–Kier alpha value is -2.38. The van der Waals surface area contributed by atoms with Gasteiger partial charge in [-0.25, -0.2) is 0 Å². The zero-order chi connectivity index (χ0) is 12.8. The van der Waals surface area contributed by atoms with E-state index in [-0.39, 0.29) is 6.54 Å². The first-order chi connectivity index (χ1) is 7.99. The maximum absolute atomic E-state index is 11.6. The van der Waals surface area contributed by atoms with Gasteiger partial charge in [-0.3, -0.25) is 19.1 Å². The van der Waals surface area contributed by atoms with E-state index in [0.29, 0.717) is 0 Å². The molecular formula is C9H11N3O5. The van der Waals surface area contributed by atoms with E-state index in [0.717, 1.165) is 4.90 Å². The van der Waals surface area contributed by atoms with Crippen molar-refractivity contribution in [3.8, 4) is 0 Å². The summed E-state index contributed by atoms with van der Waals surface area (Å²) in [6.07, 6.45) is 2.99. The van der Waals surface area contributed by atoms with E-state index in [1.807, 2.05) is 0 Å². The maximum Gasteiger partial charge on any atom is 0.323 e. The molecule has 0 atom stereocenters. The molecule has 0 aliphatic carbocycles. The molecule has 0 fully saturated rings. The monoisotopic (exact) mass is 241 g/mol. The number of carbonyl (C=O) groups excluding carboxylic acids is 1. The van der Waals surface area contributed by atoms with Crippen LogP contribution in [-0.4, -0.2) is 55.8 Å². The van der Waals surface area contributed by atoms with Crippen LogP contribution in [0.5, 0.6) is 0 Å². The standard InChI is InChI=1S/C9H11N3O5/c13-7(4-12-3-1-2-10-12)11(5-8(14)15)6-9(16)17/h1-3H,4-6H2,(H,14,15)(H,16,17). The molecule has 8 nitrogen and oxygen atoms in total. The summed E-state index contributed by atoms with van der Waals surface area (Å²) in [7, 11) is 0. The first-order valence-electron chi connectivity index (χ1n) is 4.68. The van der Waals surface area contributed by atoms with Crippen LogP contribution in [0.1, 0.15) is 0 Å². The van der Waals surface area contributed by atoms with E-state index < -0.39 is 30.9 Å². The zero-order valence-electron chi connectivity index (χ0n) is 8.81. The quantitative estimate of drug-likeness (QED) is 0.652. The molecule has 8 heteroatoms. The van der Waals surface area contributed by atoms with E-state index in [1.54, 1.807) is 6.07 Å². The molecule has 0 unspecified atom stereocenters. The molecule has 1 amide bonds. The fourth-order valence-corrected chi connectivity index (χ4v) is 1.19. The highest BCUT2D eigenvalue weighted by molar-refractivity contribution is 5.84. The van der Waals surface area contributed by atoms with Crippen LogP contribution < -0.4 is 0 Å². The number of hydrogen-bond donors (Lipinski definition) is 2. The van der Waals surface area contributed by atoms with Crippen molar-refractivity contribution in [2.24, 2.45) is 0 Å². The lowest BCUT2D eigenvalue weighted by atomic mass is 10.4. The van der Waals surface area contributed by atoms with Gasteiger partial charge in [-0.1, -0.05) is 0 Å². The fourth-order valence-electron chi connectivity index (χ4n) is 1.19. The van der Waals surface area contributed by atoms with E-state index in [4.69, 9.17) is 10.2 Å². The maximum atomic E-state index is 11.6. The molecule has 0 spiro atoms. The van der Waals surface area contributed by atoms with Gasteiger partial charge in [-0.15, -0.1) is 0 Å². The number of amides is 1. The Morgan fingerprint density at radius 3 is 2.18 bits per heavy atom. The van der Waals surface area contributed by atoms with E-state index in [9.17, 15) is 14.4 Å². The van der Waals surface area contributed by atoms with E-state index in [2.05, 4.69) is 5.10 Å². The van der Waals surface area contributed by atoms with Gasteiger partial charge in [0.05, 0.1) is 0 Å². The largest absolute Gasteiger partial charge is 0.480 e. The van der Waals surface area contributed by atoms with Gasteiger partial charge in [-0.2, -0.15) is 5.10 Å². The summed E-state index contributed by atoms with van der Waals surface area (Å²) in [5.74, 6) is -3.14. The Labute approximate surface area is 96.1 Å². The van der Waals surface area contributed by atoms with Crippen molar-refractivity contribution >= 4 is 17.8 Å². The topological polar surface area (TPSA) is 113 Å². The molecule has 1 heterocycles. The predicted octanol–water partition coefficient (Wildman–Crippen LogP) is -1.12. The Balaban J connectivity index is 2.65. The van der Waals surface area contributed by atoms with Crippen LogP contribution in [0.2, 0.25) is 0 Å². The summed E-state index contributed by atoms with van der Waals surface area (Å²) in [6.45, 7) is -1.48. The molecule has 0 aliphatic heterocycles.